The normalized spacial score (nSPS) is 19.9. The smallest absolute Gasteiger partial charge is 0.335 e. The van der Waals surface area contributed by atoms with Crippen molar-refractivity contribution >= 4 is 35.3 Å². The van der Waals surface area contributed by atoms with E-state index in [2.05, 4.69) is 103 Å². The van der Waals surface area contributed by atoms with Gasteiger partial charge in [-0.2, -0.15) is 0 Å². The molecule has 0 amide bonds. The molecule has 7 heteroatoms. The number of anilines is 2. The van der Waals surface area contributed by atoms with Gasteiger partial charge in [-0.3, -0.25) is 20.1 Å². The Balaban J connectivity index is 1.23. The van der Waals surface area contributed by atoms with E-state index < -0.39 is 0 Å². The molecule has 2 saturated heterocycles. The molecule has 7 rings (SSSR count). The molecule has 0 radical (unpaired) electrons. The zero-order chi connectivity index (χ0) is 23.9. The maximum Gasteiger partial charge on any atom is 0.346 e. The number of aromatic nitrogens is 1. The van der Waals surface area contributed by atoms with Gasteiger partial charge in [-0.1, -0.05) is 42.1 Å². The van der Waals surface area contributed by atoms with Gasteiger partial charge in [0.2, 0.25) is 0 Å². The summed E-state index contributed by atoms with van der Waals surface area (Å²) in [5.74, 6) is 2.45. The number of nitrogens with zero attached hydrogens (tertiary/aromatic N) is 4. The van der Waals surface area contributed by atoms with Gasteiger partial charge in [0.1, 0.15) is 31.9 Å². The fourth-order valence-electron chi connectivity index (χ4n) is 5.79. The lowest BCUT2D eigenvalue weighted by molar-refractivity contribution is -0.585. The van der Waals surface area contributed by atoms with Crippen molar-refractivity contribution < 1.29 is 9.14 Å². The second-order valence-corrected chi connectivity index (χ2v) is 10.9. The monoisotopic (exact) mass is 496 g/mol. The zero-order valence-corrected chi connectivity index (χ0v) is 21.3. The number of rotatable bonds is 3. The molecule has 4 aliphatic heterocycles. The predicted molar refractivity (Wildman–Crippen MR) is 147 cm³/mol. The minimum Gasteiger partial charge on any atom is -0.335 e. The first-order valence-electron chi connectivity index (χ1n) is 13.1. The molecular weight excluding hydrogens is 464 g/mol. The average Bonchev–Trinajstić information content (AvgIpc) is 3.60. The Labute approximate surface area is 216 Å². The Hall–Kier alpha value is -3.45. The van der Waals surface area contributed by atoms with Crippen LogP contribution in [0.3, 0.4) is 0 Å². The highest BCUT2D eigenvalue weighted by Crippen LogP contribution is 2.50. The van der Waals surface area contributed by atoms with Gasteiger partial charge >= 0.3 is 5.96 Å². The lowest BCUT2D eigenvalue weighted by Gasteiger charge is -2.27. The van der Waals surface area contributed by atoms with Gasteiger partial charge in [-0.15, -0.1) is 0 Å². The number of thioether (sulfide) groups is 1. The summed E-state index contributed by atoms with van der Waals surface area (Å²) < 4.78 is 4.79. The molecule has 2 fully saturated rings. The van der Waals surface area contributed by atoms with Crippen LogP contribution < -0.4 is 25.0 Å². The Morgan fingerprint density at radius 3 is 2.56 bits per heavy atom. The van der Waals surface area contributed by atoms with Crippen LogP contribution in [0.2, 0.25) is 0 Å². The molecule has 0 aliphatic carbocycles. The van der Waals surface area contributed by atoms with Crippen LogP contribution in [0.15, 0.2) is 76.8 Å². The van der Waals surface area contributed by atoms with E-state index in [4.69, 9.17) is 0 Å². The highest BCUT2D eigenvalue weighted by Gasteiger charge is 2.31. The molecule has 3 aromatic rings. The van der Waals surface area contributed by atoms with E-state index in [0.29, 0.717) is 0 Å². The van der Waals surface area contributed by atoms with Crippen molar-refractivity contribution in [3.63, 3.8) is 0 Å². The van der Waals surface area contributed by atoms with Crippen molar-refractivity contribution in [3.05, 3.63) is 83.0 Å². The fourth-order valence-corrected chi connectivity index (χ4v) is 6.98. The lowest BCUT2D eigenvalue weighted by atomic mass is 10.0. The van der Waals surface area contributed by atoms with Crippen LogP contribution in [0.25, 0.3) is 11.8 Å². The van der Waals surface area contributed by atoms with Crippen molar-refractivity contribution in [1.29, 1.82) is 0 Å². The molecule has 5 heterocycles. The molecule has 2 N–H and O–H groups in total. The summed E-state index contributed by atoms with van der Waals surface area (Å²) >= 11 is 1.92. The van der Waals surface area contributed by atoms with Gasteiger partial charge in [0.05, 0.1) is 30.0 Å². The van der Waals surface area contributed by atoms with Crippen molar-refractivity contribution in [2.24, 2.45) is 0 Å². The number of piperazine rings is 1. The summed E-state index contributed by atoms with van der Waals surface area (Å²) in [5, 5.41) is 8.32. The largest absolute Gasteiger partial charge is 0.346 e. The third-order valence-electron chi connectivity index (χ3n) is 7.57. The molecule has 6 nitrogen and oxygen atoms in total. The summed E-state index contributed by atoms with van der Waals surface area (Å²) in [4.78, 5) is 6.47. The number of para-hydroxylation sites is 2. The van der Waals surface area contributed by atoms with E-state index in [-0.39, 0.29) is 0 Å². The Kier molecular flexibility index (Phi) is 5.58. The van der Waals surface area contributed by atoms with E-state index in [1.165, 1.54) is 57.0 Å². The molecular formula is C29H32N6S+2. The van der Waals surface area contributed by atoms with Crippen LogP contribution in [0, 0.1) is 0 Å². The van der Waals surface area contributed by atoms with Crippen LogP contribution in [-0.4, -0.2) is 56.3 Å². The fraction of sp³-hybridized carbons (Fsp3) is 0.310. The van der Waals surface area contributed by atoms with E-state index in [1.807, 2.05) is 11.8 Å². The second kappa shape index (κ2) is 9.21. The van der Waals surface area contributed by atoms with E-state index in [0.717, 1.165) is 45.8 Å². The van der Waals surface area contributed by atoms with Crippen molar-refractivity contribution in [2.45, 2.75) is 17.7 Å². The first-order valence-corrected chi connectivity index (χ1v) is 13.9. The Bertz CT molecular complexity index is 1350. The number of nitrogens with one attached hydrogen (secondary N) is 2. The van der Waals surface area contributed by atoms with Crippen LogP contribution in [0.4, 0.5) is 11.5 Å². The zero-order valence-electron chi connectivity index (χ0n) is 20.5. The highest BCUT2D eigenvalue weighted by atomic mass is 32.2. The topological polar surface area (TPSA) is 37.4 Å². The van der Waals surface area contributed by atoms with Crippen LogP contribution >= 0.6 is 11.8 Å². The molecule has 2 aromatic carbocycles. The first-order chi connectivity index (χ1) is 17.8. The number of aryl methyl sites for hydroxylation is 1. The third kappa shape index (κ3) is 3.91. The summed E-state index contributed by atoms with van der Waals surface area (Å²) in [5.41, 5.74) is 5.40. The van der Waals surface area contributed by atoms with Crippen molar-refractivity contribution in [2.75, 3.05) is 55.6 Å². The summed E-state index contributed by atoms with van der Waals surface area (Å²) in [6.45, 7) is 7.15. The summed E-state index contributed by atoms with van der Waals surface area (Å²) in [6.07, 6.45) is 7.04. The SMILES string of the molecule is C(=C1Sc2cccc3c2N1CCC3)c1cc[n+](-c2ccccc2)c(N2CC[N+](=C3NCCN3)CC2)c1. The van der Waals surface area contributed by atoms with E-state index in [1.54, 1.807) is 0 Å². The quantitative estimate of drug-likeness (QED) is 0.545. The second-order valence-electron chi connectivity index (χ2n) is 9.80. The third-order valence-corrected chi connectivity index (χ3v) is 8.67. The molecule has 0 spiro atoms. The Morgan fingerprint density at radius 1 is 0.889 bits per heavy atom. The van der Waals surface area contributed by atoms with Crippen molar-refractivity contribution in [1.82, 2.24) is 10.6 Å². The maximum atomic E-state index is 3.49. The first kappa shape index (κ1) is 21.8. The molecule has 0 atom stereocenters. The molecule has 182 valence electrons. The summed E-state index contributed by atoms with van der Waals surface area (Å²) in [6, 6.07) is 22.1. The summed E-state index contributed by atoms with van der Waals surface area (Å²) in [7, 11) is 0. The predicted octanol–water partition coefficient (Wildman–Crippen LogP) is 3.20. The number of benzene rings is 2. The molecule has 0 unspecified atom stereocenters. The van der Waals surface area contributed by atoms with E-state index in [9.17, 15) is 0 Å². The minimum absolute atomic E-state index is 0.995. The molecule has 4 aliphatic rings. The van der Waals surface area contributed by atoms with Gasteiger partial charge < -0.3 is 4.90 Å². The number of guanidine groups is 1. The van der Waals surface area contributed by atoms with Crippen molar-refractivity contribution in [3.8, 4) is 5.69 Å². The van der Waals surface area contributed by atoms with Crippen LogP contribution in [-0.2, 0) is 6.42 Å². The molecule has 36 heavy (non-hydrogen) atoms. The average molecular weight is 497 g/mol. The maximum absolute atomic E-state index is 3.49. The Morgan fingerprint density at radius 2 is 1.72 bits per heavy atom. The highest BCUT2D eigenvalue weighted by molar-refractivity contribution is 8.03. The van der Waals surface area contributed by atoms with Gasteiger partial charge in [0, 0.05) is 17.5 Å². The number of hydrogen-bond donors (Lipinski definition) is 2. The molecule has 1 aromatic heterocycles. The van der Waals surface area contributed by atoms with Gasteiger partial charge in [0.15, 0.2) is 0 Å². The van der Waals surface area contributed by atoms with E-state index >= 15 is 0 Å². The van der Waals surface area contributed by atoms with Gasteiger partial charge in [-0.25, -0.2) is 4.57 Å². The minimum atomic E-state index is 0.995. The standard InChI is InChI=1S/C29H31N6S/c1-2-8-24(9-3-1)34-15-11-22(20-26(34)32-16-18-33(19-17-32)29-30-12-13-31-29)21-27-35-14-5-7-23-6-4-10-25(36-27)28(23)35/h1-4,6,8-11,15,20-21H,5,7,12-14,16-19H2,(H,30,31)/q+1/p+1. The molecule has 0 bridgehead atoms. The number of hydrogen-bond acceptors (Lipinski definition) is 3. The number of pyridine rings is 1. The van der Waals surface area contributed by atoms with Gasteiger partial charge in [-0.05, 0) is 54.3 Å². The molecule has 0 saturated carbocycles. The van der Waals surface area contributed by atoms with Crippen LogP contribution in [0.5, 0.6) is 0 Å². The van der Waals surface area contributed by atoms with Crippen LogP contribution in [0.1, 0.15) is 17.5 Å². The lowest BCUT2D eigenvalue weighted by Crippen LogP contribution is -2.51. The van der Waals surface area contributed by atoms with Gasteiger partial charge in [0.25, 0.3) is 5.82 Å².